The number of rotatable bonds is 20. The molecule has 1 unspecified atom stereocenters. The number of ether oxygens (including phenoxy) is 6. The summed E-state index contributed by atoms with van der Waals surface area (Å²) in [4.78, 5) is 37.8. The molecule has 23 nitrogen and oxygen atoms in total. The number of aliphatic hydroxyl groups excluding tert-OH is 10. The molecule has 0 bridgehead atoms. The van der Waals surface area contributed by atoms with Gasteiger partial charge in [0.25, 0.3) is 17.4 Å². The number of aliphatic hydroxyl groups is 10. The molecule has 0 spiro atoms. The van der Waals surface area contributed by atoms with Gasteiger partial charge in [-0.05, 0) is 12.2 Å². The predicted octanol–water partition coefficient (Wildman–Crippen LogP) is -6.93. The summed E-state index contributed by atoms with van der Waals surface area (Å²) >= 11 is 1.41. The van der Waals surface area contributed by atoms with Crippen LogP contribution in [0.15, 0.2) is 0 Å². The monoisotopic (exact) mass is 795 g/mol. The highest BCUT2D eigenvalue weighted by atomic mass is 32.2. The van der Waals surface area contributed by atoms with E-state index >= 15 is 0 Å². The van der Waals surface area contributed by atoms with E-state index in [1.54, 1.807) is 0 Å². The van der Waals surface area contributed by atoms with E-state index in [4.69, 9.17) is 34.2 Å². The first-order chi connectivity index (χ1) is 24.8. The zero-order chi connectivity index (χ0) is 39.9. The fraction of sp³-hybridized carbons (Fsp3) is 0.897. The molecule has 3 saturated heterocycles. The molecule has 3 rings (SSSR count). The first-order valence-electron chi connectivity index (χ1n) is 16.5. The van der Waals surface area contributed by atoms with Crippen molar-refractivity contribution in [2.75, 3.05) is 44.5 Å². The van der Waals surface area contributed by atoms with Crippen LogP contribution in [0, 0.1) is 0 Å². The van der Waals surface area contributed by atoms with Crippen LogP contribution in [-0.2, 0) is 42.8 Å². The number of hydrogen-bond donors (Lipinski definition) is 14. The molecule has 0 amide bonds. The summed E-state index contributed by atoms with van der Waals surface area (Å²) in [6.45, 7) is -3.30. The molecule has 0 aromatic rings. The minimum absolute atomic E-state index is 0.216. The Morgan fingerprint density at radius 3 is 1.60 bits per heavy atom. The fourth-order valence-corrected chi connectivity index (χ4v) is 6.76. The highest BCUT2D eigenvalue weighted by molar-refractivity contribution is 7.99. The number of carboxylic acid groups (broad SMARTS) is 3. The molecule has 3 fully saturated rings. The molecule has 0 saturated carbocycles. The molecule has 0 aliphatic carbocycles. The summed E-state index contributed by atoms with van der Waals surface area (Å²) in [5, 5.41) is 134. The van der Waals surface area contributed by atoms with E-state index in [1.165, 1.54) is 11.8 Å². The highest BCUT2D eigenvalue weighted by Crippen LogP contribution is 2.41. The molecule has 0 radical (unpaired) electrons. The lowest BCUT2D eigenvalue weighted by Crippen LogP contribution is -2.68. The summed E-state index contributed by atoms with van der Waals surface area (Å²) in [7, 11) is 0. The van der Waals surface area contributed by atoms with Crippen molar-refractivity contribution < 1.29 is 109 Å². The molecule has 3 aliphatic rings. The summed E-state index contributed by atoms with van der Waals surface area (Å²) in [5.41, 5.74) is 5.47. The van der Waals surface area contributed by atoms with Gasteiger partial charge in [0, 0.05) is 31.6 Å². The van der Waals surface area contributed by atoms with Gasteiger partial charge in [0.2, 0.25) is 0 Å². The average Bonchev–Trinajstić information content (AvgIpc) is 3.11. The number of aliphatic carboxylic acids is 3. The molecule has 3 heterocycles. The lowest BCUT2D eigenvalue weighted by molar-refractivity contribution is -0.376. The van der Waals surface area contributed by atoms with Gasteiger partial charge in [-0.25, -0.2) is 14.4 Å². The van der Waals surface area contributed by atoms with E-state index in [1.807, 2.05) is 0 Å². The first-order valence-corrected chi connectivity index (χ1v) is 17.6. The van der Waals surface area contributed by atoms with Crippen LogP contribution < -0.4 is 5.73 Å². The highest BCUT2D eigenvalue weighted by Gasteiger charge is 2.61. The van der Waals surface area contributed by atoms with Crippen molar-refractivity contribution in [2.24, 2.45) is 5.73 Å². The van der Waals surface area contributed by atoms with Gasteiger partial charge in [-0.15, -0.1) is 0 Å². The van der Waals surface area contributed by atoms with Gasteiger partial charge >= 0.3 is 17.9 Å². The summed E-state index contributed by atoms with van der Waals surface area (Å²) in [6.07, 6.45) is -27.1. The molecule has 308 valence electrons. The molecule has 15 N–H and O–H groups in total. The van der Waals surface area contributed by atoms with Gasteiger partial charge in [-0.2, -0.15) is 11.8 Å². The van der Waals surface area contributed by atoms with Crippen molar-refractivity contribution in [1.82, 2.24) is 0 Å². The number of hydrogen-bond acceptors (Lipinski definition) is 21. The summed E-state index contributed by atoms with van der Waals surface area (Å²) < 4.78 is 32.8. The molecule has 3 aliphatic heterocycles. The van der Waals surface area contributed by atoms with Crippen LogP contribution in [-0.4, -0.2) is 219 Å². The first kappa shape index (κ1) is 45.5. The molecular formula is C29H49NO22S. The minimum Gasteiger partial charge on any atom is -0.477 e. The quantitative estimate of drug-likeness (QED) is 0.0509. The molecule has 53 heavy (non-hydrogen) atoms. The minimum atomic E-state index is -3.04. The second-order valence-electron chi connectivity index (χ2n) is 12.8. The predicted molar refractivity (Wildman–Crippen MR) is 170 cm³/mol. The van der Waals surface area contributed by atoms with E-state index in [9.17, 15) is 80.8 Å². The SMILES string of the molecule is NCCSCCCO[C@]1(C(=O)O)C[C@@H](O[C@]2(C(=O)O)C[C@@H](O)[C@@H](O)[C@@H]([C@H](O)CO)O2)[C@@H](O)[C@@H](C(O)CO[C@]2(C(=O)O)C[C@@H](O)[C@@H](O)[C@@H]([C@H](O)CO)O2)O1. The van der Waals surface area contributed by atoms with Crippen LogP contribution in [0.4, 0.5) is 0 Å². The Balaban J connectivity index is 1.98. The molecular weight excluding hydrogens is 746 g/mol. The topological polar surface area (TPSA) is 396 Å². The Morgan fingerprint density at radius 2 is 1.13 bits per heavy atom. The number of thioether (sulfide) groups is 1. The Morgan fingerprint density at radius 1 is 0.679 bits per heavy atom. The van der Waals surface area contributed by atoms with Gasteiger partial charge in [0.15, 0.2) is 0 Å². The third-order valence-corrected chi connectivity index (χ3v) is 10.0. The molecule has 15 atom stereocenters. The zero-order valence-electron chi connectivity index (χ0n) is 28.2. The van der Waals surface area contributed by atoms with Crippen molar-refractivity contribution in [1.29, 1.82) is 0 Å². The normalized spacial score (nSPS) is 39.6. The van der Waals surface area contributed by atoms with Gasteiger partial charge in [-0.3, -0.25) is 0 Å². The maximum absolute atomic E-state index is 12.8. The van der Waals surface area contributed by atoms with Crippen molar-refractivity contribution in [3.63, 3.8) is 0 Å². The largest absolute Gasteiger partial charge is 0.477 e. The summed E-state index contributed by atoms with van der Waals surface area (Å²) in [6, 6.07) is 0. The standard InChI is InChI=1S/C29H49NO22S/c30-2-5-53-4-1-3-47-28(25(43)44)8-17(49-29(26(45)46)7-13(34)19(39)22(52-29)15(36)10-32)20(40)23(51-28)16(37)11-48-27(24(41)42)6-12(33)18(38)21(50-27)14(35)9-31/h12-23,31-40H,1-11,30H2,(H,41,42)(H,43,44)(H,45,46)/t12-,13-,14-,15-,16?,17-,18-,19-,20-,21-,22-,23-,27-,28-,29-/m1/s1. The van der Waals surface area contributed by atoms with E-state index in [0.717, 1.165) is 0 Å². The Bertz CT molecular complexity index is 1220. The summed E-state index contributed by atoms with van der Waals surface area (Å²) in [5.74, 6) is -13.6. The van der Waals surface area contributed by atoms with Crippen molar-refractivity contribution in [2.45, 2.75) is 116 Å². The van der Waals surface area contributed by atoms with Crippen molar-refractivity contribution in [3.8, 4) is 0 Å². The van der Waals surface area contributed by atoms with Crippen LogP contribution in [0.25, 0.3) is 0 Å². The van der Waals surface area contributed by atoms with Crippen molar-refractivity contribution >= 4 is 29.7 Å². The van der Waals surface area contributed by atoms with Gasteiger partial charge in [0.05, 0.1) is 44.7 Å². The third-order valence-electron chi connectivity index (χ3n) is 8.93. The van der Waals surface area contributed by atoms with E-state index in [-0.39, 0.29) is 13.0 Å². The number of carbonyl (C=O) groups is 3. The van der Waals surface area contributed by atoms with Gasteiger partial charge < -0.3 is 101 Å². The van der Waals surface area contributed by atoms with Gasteiger partial charge in [0.1, 0.15) is 54.9 Å². The second kappa shape index (κ2) is 19.3. The van der Waals surface area contributed by atoms with Crippen LogP contribution in [0.1, 0.15) is 25.7 Å². The molecule has 0 aromatic carbocycles. The Kier molecular flexibility index (Phi) is 16.5. The Hall–Kier alpha value is -1.92. The number of nitrogens with two attached hydrogens (primary N) is 1. The second-order valence-corrected chi connectivity index (χ2v) is 14.0. The van der Waals surface area contributed by atoms with Crippen LogP contribution in [0.3, 0.4) is 0 Å². The van der Waals surface area contributed by atoms with Crippen LogP contribution >= 0.6 is 11.8 Å². The van der Waals surface area contributed by atoms with Crippen LogP contribution in [0.5, 0.6) is 0 Å². The fourth-order valence-electron chi connectivity index (χ4n) is 6.07. The number of carboxylic acids is 3. The third kappa shape index (κ3) is 10.3. The van der Waals surface area contributed by atoms with E-state index in [2.05, 4.69) is 0 Å². The average molecular weight is 796 g/mol. The smallest absolute Gasteiger partial charge is 0.364 e. The lowest BCUT2D eigenvalue weighted by Gasteiger charge is -2.50. The molecule has 24 heteroatoms. The zero-order valence-corrected chi connectivity index (χ0v) is 29.0. The molecule has 0 aromatic heterocycles. The lowest BCUT2D eigenvalue weighted by atomic mass is 9.89. The van der Waals surface area contributed by atoms with E-state index < -0.39 is 148 Å². The van der Waals surface area contributed by atoms with Gasteiger partial charge in [-0.1, -0.05) is 0 Å². The maximum Gasteiger partial charge on any atom is 0.364 e. The maximum atomic E-state index is 12.8. The van der Waals surface area contributed by atoms with Crippen molar-refractivity contribution in [3.05, 3.63) is 0 Å². The Labute approximate surface area is 305 Å². The van der Waals surface area contributed by atoms with E-state index in [0.29, 0.717) is 18.1 Å². The van der Waals surface area contributed by atoms with Crippen LogP contribution in [0.2, 0.25) is 0 Å².